The second-order valence-electron chi connectivity index (χ2n) is 2.19. The summed E-state index contributed by atoms with van der Waals surface area (Å²) < 4.78 is 36.3. The first-order valence-electron chi connectivity index (χ1n) is 3.12. The first-order chi connectivity index (χ1) is 5.91. The fourth-order valence-corrected chi connectivity index (χ4v) is 1.54. The summed E-state index contributed by atoms with van der Waals surface area (Å²) in [5.74, 6) is -1.30. The maximum atomic E-state index is 12.1. The normalized spacial score (nSPS) is 11.6. The van der Waals surface area contributed by atoms with Crippen molar-refractivity contribution in [2.24, 2.45) is 0 Å². The Morgan fingerprint density at radius 1 is 1.62 bits per heavy atom. The van der Waals surface area contributed by atoms with E-state index < -0.39 is 24.3 Å². The Kier molecular flexibility index (Phi) is 2.55. The van der Waals surface area contributed by atoms with E-state index >= 15 is 0 Å². The summed E-state index contributed by atoms with van der Waals surface area (Å²) in [6.45, 7) is 0. The van der Waals surface area contributed by atoms with Gasteiger partial charge in [0.15, 0.2) is 5.69 Å². The molecule has 0 bridgehead atoms. The molecule has 1 N–H and O–H groups in total. The van der Waals surface area contributed by atoms with E-state index in [1.165, 1.54) is 0 Å². The zero-order chi connectivity index (χ0) is 10.1. The Labute approximate surface area is 74.8 Å². The number of rotatable bonds is 2. The Morgan fingerprint density at radius 2 is 2.23 bits per heavy atom. The van der Waals surface area contributed by atoms with E-state index in [0.29, 0.717) is 11.3 Å². The first kappa shape index (κ1) is 9.97. The van der Waals surface area contributed by atoms with Crippen LogP contribution in [0.15, 0.2) is 5.51 Å². The molecule has 0 saturated heterocycles. The summed E-state index contributed by atoms with van der Waals surface area (Å²) in [5, 5.41) is 8.29. The quantitative estimate of drug-likeness (QED) is 0.811. The average Bonchev–Trinajstić information content (AvgIpc) is 2.31. The van der Waals surface area contributed by atoms with E-state index in [1.807, 2.05) is 0 Å². The van der Waals surface area contributed by atoms with Crippen molar-refractivity contribution in [2.75, 3.05) is 0 Å². The maximum absolute atomic E-state index is 12.1. The molecule has 1 rings (SSSR count). The molecule has 13 heavy (non-hydrogen) atoms. The number of hydrogen-bond donors (Lipinski definition) is 1. The number of nitrogens with zero attached hydrogens (tertiary/aromatic N) is 1. The largest absolute Gasteiger partial charge is 0.481 e. The highest BCUT2D eigenvalue weighted by Crippen LogP contribution is 2.32. The van der Waals surface area contributed by atoms with Gasteiger partial charge in [-0.1, -0.05) is 0 Å². The molecule has 0 saturated carbocycles. The lowest BCUT2D eigenvalue weighted by Crippen LogP contribution is -2.10. The highest BCUT2D eigenvalue weighted by atomic mass is 32.1. The average molecular weight is 211 g/mol. The predicted molar refractivity (Wildman–Crippen MR) is 38.5 cm³/mol. The monoisotopic (exact) mass is 211 g/mol. The molecule has 0 atom stereocenters. The van der Waals surface area contributed by atoms with Gasteiger partial charge in [0.25, 0.3) is 0 Å². The van der Waals surface area contributed by atoms with Crippen LogP contribution >= 0.6 is 11.3 Å². The number of carboxylic acids is 1. The summed E-state index contributed by atoms with van der Waals surface area (Å²) in [7, 11) is 0. The minimum Gasteiger partial charge on any atom is -0.481 e. The number of thiazole rings is 1. The van der Waals surface area contributed by atoms with Gasteiger partial charge < -0.3 is 5.11 Å². The Hall–Kier alpha value is -1.11. The van der Waals surface area contributed by atoms with Crippen molar-refractivity contribution in [1.29, 1.82) is 0 Å². The summed E-state index contributed by atoms with van der Waals surface area (Å²) in [6.07, 6.45) is -5.20. The van der Waals surface area contributed by atoms with Crippen molar-refractivity contribution < 1.29 is 23.1 Å². The van der Waals surface area contributed by atoms with Crippen LogP contribution < -0.4 is 0 Å². The number of alkyl halides is 3. The molecular formula is C6H4F3NO2S. The third-order valence-electron chi connectivity index (χ3n) is 1.22. The van der Waals surface area contributed by atoms with Crippen molar-refractivity contribution in [2.45, 2.75) is 12.6 Å². The minimum absolute atomic E-state index is 0.264. The van der Waals surface area contributed by atoms with Crippen LogP contribution in [0, 0.1) is 0 Å². The summed E-state index contributed by atoms with van der Waals surface area (Å²) in [6, 6.07) is 0. The third-order valence-corrected chi connectivity index (χ3v) is 2.05. The zero-order valence-electron chi connectivity index (χ0n) is 6.13. The smallest absolute Gasteiger partial charge is 0.434 e. The lowest BCUT2D eigenvalue weighted by Gasteiger charge is -2.03. The minimum atomic E-state index is -4.56. The van der Waals surface area contributed by atoms with Gasteiger partial charge in [-0.2, -0.15) is 13.2 Å². The second kappa shape index (κ2) is 3.33. The SMILES string of the molecule is O=C(O)Cc1scnc1C(F)(F)F. The number of hydrogen-bond acceptors (Lipinski definition) is 3. The molecule has 0 aliphatic carbocycles. The van der Waals surface area contributed by atoms with Crippen molar-refractivity contribution >= 4 is 17.3 Å². The van der Waals surface area contributed by atoms with Crippen molar-refractivity contribution in [3.8, 4) is 0 Å². The van der Waals surface area contributed by atoms with Crippen LogP contribution in [-0.2, 0) is 17.4 Å². The fourth-order valence-electron chi connectivity index (χ4n) is 0.765. The number of carbonyl (C=O) groups is 1. The highest BCUT2D eigenvalue weighted by Gasteiger charge is 2.36. The molecule has 3 nitrogen and oxygen atoms in total. The Morgan fingerprint density at radius 3 is 2.69 bits per heavy atom. The molecule has 0 amide bonds. The van der Waals surface area contributed by atoms with Gasteiger partial charge in [0.1, 0.15) is 0 Å². The maximum Gasteiger partial charge on any atom is 0.434 e. The zero-order valence-corrected chi connectivity index (χ0v) is 6.95. The van der Waals surface area contributed by atoms with Crippen LogP contribution in [0.5, 0.6) is 0 Å². The molecule has 1 aromatic rings. The van der Waals surface area contributed by atoms with Gasteiger partial charge in [0.05, 0.1) is 11.9 Å². The first-order valence-corrected chi connectivity index (χ1v) is 4.00. The fraction of sp³-hybridized carbons (Fsp3) is 0.333. The summed E-state index contributed by atoms with van der Waals surface area (Å²) >= 11 is 0.693. The molecule has 1 aromatic heterocycles. The lowest BCUT2D eigenvalue weighted by molar-refractivity contribution is -0.142. The molecule has 0 fully saturated rings. The Bertz CT molecular complexity index is 320. The topological polar surface area (TPSA) is 50.2 Å². The van der Waals surface area contributed by atoms with E-state index in [-0.39, 0.29) is 4.88 Å². The molecule has 0 unspecified atom stereocenters. The summed E-state index contributed by atoms with van der Waals surface area (Å²) in [5.41, 5.74) is -0.110. The standard InChI is InChI=1S/C6H4F3NO2S/c7-6(8,9)5-3(1-4(11)12)13-2-10-5/h2H,1H2,(H,11,12). The molecule has 7 heteroatoms. The van der Waals surface area contributed by atoms with Crippen LogP contribution in [0.25, 0.3) is 0 Å². The van der Waals surface area contributed by atoms with Gasteiger partial charge in [-0.25, -0.2) is 4.98 Å². The molecule has 0 radical (unpaired) electrons. The van der Waals surface area contributed by atoms with Crippen LogP contribution in [-0.4, -0.2) is 16.1 Å². The van der Waals surface area contributed by atoms with E-state index in [4.69, 9.17) is 5.11 Å². The van der Waals surface area contributed by atoms with Gasteiger partial charge in [-0.05, 0) is 0 Å². The molecular weight excluding hydrogens is 207 g/mol. The van der Waals surface area contributed by atoms with E-state index in [1.54, 1.807) is 0 Å². The van der Waals surface area contributed by atoms with Gasteiger partial charge in [-0.3, -0.25) is 4.79 Å². The molecule has 72 valence electrons. The van der Waals surface area contributed by atoms with Crippen molar-refractivity contribution in [3.63, 3.8) is 0 Å². The molecule has 0 aromatic carbocycles. The Balaban J connectivity index is 2.96. The predicted octanol–water partition coefficient (Wildman–Crippen LogP) is 1.79. The number of halogens is 3. The van der Waals surface area contributed by atoms with Crippen LogP contribution in [0.4, 0.5) is 13.2 Å². The lowest BCUT2D eigenvalue weighted by atomic mass is 10.3. The van der Waals surface area contributed by atoms with E-state index in [9.17, 15) is 18.0 Å². The molecule has 0 aliphatic heterocycles. The van der Waals surface area contributed by atoms with Crippen LogP contribution in [0.1, 0.15) is 10.6 Å². The van der Waals surface area contributed by atoms with Crippen molar-refractivity contribution in [3.05, 3.63) is 16.1 Å². The van der Waals surface area contributed by atoms with E-state index in [2.05, 4.69) is 4.98 Å². The third kappa shape index (κ3) is 2.41. The molecule has 0 aliphatic rings. The number of aromatic nitrogens is 1. The molecule has 1 heterocycles. The van der Waals surface area contributed by atoms with Gasteiger partial charge in [-0.15, -0.1) is 11.3 Å². The summed E-state index contributed by atoms with van der Waals surface area (Å²) in [4.78, 5) is 13.0. The van der Waals surface area contributed by atoms with E-state index in [0.717, 1.165) is 5.51 Å². The second-order valence-corrected chi connectivity index (χ2v) is 3.13. The van der Waals surface area contributed by atoms with Crippen LogP contribution in [0.2, 0.25) is 0 Å². The van der Waals surface area contributed by atoms with Gasteiger partial charge in [0, 0.05) is 4.88 Å². The number of aliphatic carboxylic acids is 1. The van der Waals surface area contributed by atoms with Crippen LogP contribution in [0.3, 0.4) is 0 Å². The van der Waals surface area contributed by atoms with Crippen molar-refractivity contribution in [1.82, 2.24) is 4.98 Å². The molecule has 0 spiro atoms. The van der Waals surface area contributed by atoms with Gasteiger partial charge in [0.2, 0.25) is 0 Å². The van der Waals surface area contributed by atoms with Gasteiger partial charge >= 0.3 is 12.1 Å². The highest BCUT2D eigenvalue weighted by molar-refractivity contribution is 7.09. The number of carboxylic acid groups (broad SMARTS) is 1.